The Balaban J connectivity index is 2.35. The quantitative estimate of drug-likeness (QED) is 0.463. The molecule has 1 nitrogen and oxygen atoms in total. The van der Waals surface area contributed by atoms with Gasteiger partial charge >= 0.3 is 0 Å². The van der Waals surface area contributed by atoms with Crippen LogP contribution in [-0.4, -0.2) is 5.24 Å². The van der Waals surface area contributed by atoms with Crippen LogP contribution in [0.4, 0.5) is 0 Å². The lowest BCUT2D eigenvalue weighted by Crippen LogP contribution is -2.17. The monoisotopic (exact) mass is 172 g/mol. The van der Waals surface area contributed by atoms with Gasteiger partial charge in [-0.05, 0) is 43.2 Å². The van der Waals surface area contributed by atoms with E-state index in [1.807, 2.05) is 6.08 Å². The second-order valence-corrected chi connectivity index (χ2v) is 3.52. The van der Waals surface area contributed by atoms with Crippen LogP contribution in [0.25, 0.3) is 0 Å². The summed E-state index contributed by atoms with van der Waals surface area (Å²) in [6.45, 7) is 3.74. The van der Waals surface area contributed by atoms with Gasteiger partial charge in [0.2, 0.25) is 5.24 Å². The van der Waals surface area contributed by atoms with Crippen molar-refractivity contribution in [2.45, 2.75) is 25.7 Å². The number of hydrogen-bond donors (Lipinski definition) is 0. The fourth-order valence-corrected chi connectivity index (χ4v) is 1.80. The van der Waals surface area contributed by atoms with E-state index >= 15 is 0 Å². The van der Waals surface area contributed by atoms with E-state index in [1.54, 1.807) is 0 Å². The molecule has 0 heterocycles. The summed E-state index contributed by atoms with van der Waals surface area (Å²) in [5, 5.41) is -0.160. The average molecular weight is 173 g/mol. The van der Waals surface area contributed by atoms with Crippen molar-refractivity contribution in [2.75, 3.05) is 0 Å². The molecule has 62 valence electrons. The van der Waals surface area contributed by atoms with Gasteiger partial charge in [-0.3, -0.25) is 4.79 Å². The fraction of sp³-hybridized carbons (Fsp3) is 0.667. The van der Waals surface area contributed by atoms with Gasteiger partial charge in [-0.2, -0.15) is 0 Å². The third-order valence-electron chi connectivity index (χ3n) is 2.43. The lowest BCUT2D eigenvalue weighted by Gasteiger charge is -2.23. The minimum Gasteiger partial charge on any atom is -0.281 e. The van der Waals surface area contributed by atoms with Gasteiger partial charge in [0.05, 0.1) is 0 Å². The summed E-state index contributed by atoms with van der Waals surface area (Å²) in [7, 11) is 0. The van der Waals surface area contributed by atoms with Crippen molar-refractivity contribution in [3.63, 3.8) is 0 Å². The molecule has 1 aliphatic rings. The van der Waals surface area contributed by atoms with E-state index in [1.165, 1.54) is 0 Å². The van der Waals surface area contributed by atoms with E-state index < -0.39 is 0 Å². The molecule has 0 saturated heterocycles. The molecule has 0 aromatic carbocycles. The molecule has 1 rings (SSSR count). The molecular weight excluding hydrogens is 160 g/mol. The molecule has 0 radical (unpaired) electrons. The van der Waals surface area contributed by atoms with E-state index in [2.05, 4.69) is 6.58 Å². The molecule has 0 aromatic rings. The second-order valence-electron chi connectivity index (χ2n) is 3.15. The Morgan fingerprint density at radius 3 is 2.27 bits per heavy atom. The lowest BCUT2D eigenvalue weighted by atomic mass is 9.83. The van der Waals surface area contributed by atoms with E-state index in [0.29, 0.717) is 5.92 Å². The first-order chi connectivity index (χ1) is 5.24. The molecule has 0 atom stereocenters. The summed E-state index contributed by atoms with van der Waals surface area (Å²) in [6.07, 6.45) is 6.02. The van der Waals surface area contributed by atoms with Crippen LogP contribution in [-0.2, 0) is 4.79 Å². The molecule has 0 bridgehead atoms. The largest absolute Gasteiger partial charge is 0.281 e. The van der Waals surface area contributed by atoms with Crippen LogP contribution in [0.15, 0.2) is 12.7 Å². The molecule has 11 heavy (non-hydrogen) atoms. The van der Waals surface area contributed by atoms with E-state index in [4.69, 9.17) is 11.6 Å². The van der Waals surface area contributed by atoms with Gasteiger partial charge in [-0.15, -0.1) is 6.58 Å². The predicted molar refractivity (Wildman–Crippen MR) is 46.5 cm³/mol. The molecule has 0 amide bonds. The summed E-state index contributed by atoms with van der Waals surface area (Å²) in [6, 6.07) is 0. The van der Waals surface area contributed by atoms with Crippen molar-refractivity contribution < 1.29 is 4.79 Å². The zero-order chi connectivity index (χ0) is 8.27. The Morgan fingerprint density at radius 2 is 1.91 bits per heavy atom. The van der Waals surface area contributed by atoms with Crippen LogP contribution >= 0.6 is 11.6 Å². The van der Waals surface area contributed by atoms with Gasteiger partial charge in [0.25, 0.3) is 0 Å². The molecule has 0 unspecified atom stereocenters. The van der Waals surface area contributed by atoms with Crippen molar-refractivity contribution in [3.05, 3.63) is 12.7 Å². The van der Waals surface area contributed by atoms with Crippen LogP contribution < -0.4 is 0 Å². The molecule has 2 heteroatoms. The van der Waals surface area contributed by atoms with Crippen LogP contribution in [0.5, 0.6) is 0 Å². The molecule has 1 aliphatic carbocycles. The van der Waals surface area contributed by atoms with Gasteiger partial charge in [-0.1, -0.05) is 6.08 Å². The summed E-state index contributed by atoms with van der Waals surface area (Å²) in [5.74, 6) is 0.732. The number of carbonyl (C=O) groups is 1. The number of hydrogen-bond acceptors (Lipinski definition) is 1. The SMILES string of the molecule is C=CC1CCC(C(=O)Cl)CC1. The summed E-state index contributed by atoms with van der Waals surface area (Å²) in [4.78, 5) is 10.7. The summed E-state index contributed by atoms with van der Waals surface area (Å²) >= 11 is 5.38. The average Bonchev–Trinajstić information content (AvgIpc) is 2.05. The minimum absolute atomic E-state index is 0.118. The second kappa shape index (κ2) is 3.91. The maximum absolute atomic E-state index is 10.7. The van der Waals surface area contributed by atoms with Gasteiger partial charge in [-0.25, -0.2) is 0 Å². The number of allylic oxidation sites excluding steroid dienone is 1. The third-order valence-corrected chi connectivity index (χ3v) is 2.73. The molecule has 0 aliphatic heterocycles. The zero-order valence-corrected chi connectivity index (χ0v) is 7.31. The Labute approximate surface area is 72.4 Å². The standard InChI is InChI=1S/C9H13ClO/c1-2-7-3-5-8(6-4-7)9(10)11/h2,7-8H,1,3-6H2. The zero-order valence-electron chi connectivity index (χ0n) is 6.55. The highest BCUT2D eigenvalue weighted by Crippen LogP contribution is 2.30. The highest BCUT2D eigenvalue weighted by atomic mass is 35.5. The fourth-order valence-electron chi connectivity index (χ4n) is 1.58. The van der Waals surface area contributed by atoms with Crippen LogP contribution in [0.2, 0.25) is 0 Å². The van der Waals surface area contributed by atoms with Crippen LogP contribution in [0.1, 0.15) is 25.7 Å². The van der Waals surface area contributed by atoms with E-state index in [0.717, 1.165) is 25.7 Å². The van der Waals surface area contributed by atoms with Crippen molar-refractivity contribution in [1.82, 2.24) is 0 Å². The Hall–Kier alpha value is -0.300. The molecular formula is C9H13ClO. The Kier molecular flexibility index (Phi) is 3.13. The number of halogens is 1. The maximum atomic E-state index is 10.7. The van der Waals surface area contributed by atoms with Crippen molar-refractivity contribution >= 4 is 16.8 Å². The highest BCUT2D eigenvalue weighted by molar-refractivity contribution is 6.63. The number of carbonyl (C=O) groups excluding carboxylic acids is 1. The van der Waals surface area contributed by atoms with Gasteiger partial charge in [0, 0.05) is 5.92 Å². The predicted octanol–water partition coefficient (Wildman–Crippen LogP) is 2.74. The van der Waals surface area contributed by atoms with Crippen molar-refractivity contribution in [1.29, 1.82) is 0 Å². The Morgan fingerprint density at radius 1 is 1.36 bits per heavy atom. The van der Waals surface area contributed by atoms with Gasteiger partial charge in [0.15, 0.2) is 0 Å². The summed E-state index contributed by atoms with van der Waals surface area (Å²) < 4.78 is 0. The molecule has 1 saturated carbocycles. The highest BCUT2D eigenvalue weighted by Gasteiger charge is 2.23. The van der Waals surface area contributed by atoms with E-state index in [-0.39, 0.29) is 11.2 Å². The molecule has 0 aromatic heterocycles. The van der Waals surface area contributed by atoms with Gasteiger partial charge < -0.3 is 0 Å². The molecule has 0 spiro atoms. The first kappa shape index (κ1) is 8.79. The van der Waals surface area contributed by atoms with Crippen LogP contribution in [0, 0.1) is 11.8 Å². The van der Waals surface area contributed by atoms with Crippen molar-refractivity contribution in [2.24, 2.45) is 11.8 Å². The third kappa shape index (κ3) is 2.33. The first-order valence-corrected chi connectivity index (χ1v) is 4.43. The lowest BCUT2D eigenvalue weighted by molar-refractivity contribution is -0.116. The molecule has 1 fully saturated rings. The summed E-state index contributed by atoms with van der Waals surface area (Å²) in [5.41, 5.74) is 0. The maximum Gasteiger partial charge on any atom is 0.224 e. The Bertz CT molecular complexity index is 157. The molecule has 0 N–H and O–H groups in total. The topological polar surface area (TPSA) is 17.1 Å². The van der Waals surface area contributed by atoms with E-state index in [9.17, 15) is 4.79 Å². The van der Waals surface area contributed by atoms with Gasteiger partial charge in [0.1, 0.15) is 0 Å². The van der Waals surface area contributed by atoms with Crippen LogP contribution in [0.3, 0.4) is 0 Å². The normalized spacial score (nSPS) is 31.4. The number of rotatable bonds is 2. The smallest absolute Gasteiger partial charge is 0.224 e. The first-order valence-electron chi connectivity index (χ1n) is 4.06. The van der Waals surface area contributed by atoms with Crippen molar-refractivity contribution in [3.8, 4) is 0 Å². The minimum atomic E-state index is -0.160.